The summed E-state index contributed by atoms with van der Waals surface area (Å²) < 4.78 is 0. The van der Waals surface area contributed by atoms with Crippen LogP contribution < -0.4 is 4.80 Å². The van der Waals surface area contributed by atoms with Crippen LogP contribution in [0.1, 0.15) is 62.4 Å². The van der Waals surface area contributed by atoms with Crippen molar-refractivity contribution in [3.8, 4) is 11.4 Å². The molecular formula is C23H31N4+. The molecule has 1 heterocycles. The molecule has 27 heavy (non-hydrogen) atoms. The maximum absolute atomic E-state index is 4.81. The van der Waals surface area contributed by atoms with Gasteiger partial charge in [-0.25, -0.2) is 0 Å². The molecule has 142 valence electrons. The third kappa shape index (κ3) is 5.25. The molecule has 0 radical (unpaired) electrons. The van der Waals surface area contributed by atoms with E-state index in [1.54, 1.807) is 0 Å². The molecule has 4 heteroatoms. The molecule has 0 aliphatic carbocycles. The normalized spacial score (nSPS) is 11.1. The van der Waals surface area contributed by atoms with Gasteiger partial charge in [-0.15, -0.1) is 0 Å². The van der Waals surface area contributed by atoms with E-state index in [1.807, 2.05) is 9.59 Å². The molecule has 0 amide bonds. The molecule has 0 unspecified atom stereocenters. The van der Waals surface area contributed by atoms with Gasteiger partial charge >= 0.3 is 5.82 Å². The zero-order valence-corrected chi connectivity index (χ0v) is 16.9. The van der Waals surface area contributed by atoms with Crippen LogP contribution in [0.5, 0.6) is 0 Å². The van der Waals surface area contributed by atoms with E-state index in [0.717, 1.165) is 30.0 Å². The number of tetrazole rings is 1. The van der Waals surface area contributed by atoms with E-state index in [0.29, 0.717) is 0 Å². The monoisotopic (exact) mass is 363 g/mol. The van der Waals surface area contributed by atoms with Crippen LogP contribution in [0.3, 0.4) is 0 Å². The van der Waals surface area contributed by atoms with E-state index in [2.05, 4.69) is 69.3 Å². The highest BCUT2D eigenvalue weighted by Gasteiger charge is 2.21. The van der Waals surface area contributed by atoms with Crippen molar-refractivity contribution in [3.05, 3.63) is 65.5 Å². The Morgan fingerprint density at radius 2 is 1.37 bits per heavy atom. The fourth-order valence-corrected chi connectivity index (χ4v) is 3.18. The van der Waals surface area contributed by atoms with Crippen molar-refractivity contribution >= 4 is 0 Å². The smallest absolute Gasteiger partial charge is 0.0654 e. The first-order valence-electron chi connectivity index (χ1n) is 10.2. The summed E-state index contributed by atoms with van der Waals surface area (Å²) in [7, 11) is 0. The number of rotatable bonds is 9. The van der Waals surface area contributed by atoms with E-state index in [4.69, 9.17) is 10.2 Å². The molecule has 1 aromatic heterocycles. The Balaban J connectivity index is 1.80. The molecule has 0 saturated carbocycles. The van der Waals surface area contributed by atoms with Crippen LogP contribution in [-0.2, 0) is 6.42 Å². The topological polar surface area (TPSA) is 34.6 Å². The second kappa shape index (κ2) is 9.45. The lowest BCUT2D eigenvalue weighted by Gasteiger charge is -2.00. The Morgan fingerprint density at radius 1 is 0.778 bits per heavy atom. The number of hydrogen-bond donors (Lipinski definition) is 0. The van der Waals surface area contributed by atoms with Crippen molar-refractivity contribution in [2.24, 2.45) is 0 Å². The molecule has 4 nitrogen and oxygen atoms in total. The largest absolute Gasteiger partial charge is 0.309 e. The number of nitrogens with zero attached hydrogens (tertiary/aromatic N) is 4. The van der Waals surface area contributed by atoms with E-state index >= 15 is 0 Å². The average Bonchev–Trinajstić information content (AvgIpc) is 3.10. The summed E-state index contributed by atoms with van der Waals surface area (Å²) in [6.07, 6.45) is 8.61. The molecule has 0 aliphatic heterocycles. The van der Waals surface area contributed by atoms with Gasteiger partial charge in [0.15, 0.2) is 5.69 Å². The van der Waals surface area contributed by atoms with Crippen LogP contribution in [0, 0.1) is 13.8 Å². The molecule has 2 aromatic carbocycles. The highest BCUT2D eigenvalue weighted by Crippen LogP contribution is 2.11. The molecular weight excluding hydrogens is 332 g/mol. The molecule has 0 N–H and O–H groups in total. The van der Waals surface area contributed by atoms with Gasteiger partial charge in [0.25, 0.3) is 0 Å². The van der Waals surface area contributed by atoms with Crippen LogP contribution in [0.25, 0.3) is 11.4 Å². The molecule has 0 bridgehead atoms. The average molecular weight is 364 g/mol. The summed E-state index contributed by atoms with van der Waals surface area (Å²) in [5.74, 6) is 0.909. The van der Waals surface area contributed by atoms with Gasteiger partial charge in [0.1, 0.15) is 5.69 Å². The SMILES string of the molecule is CCCCCCCCc1nn(-c2ccc(C)cc2)[n+](-c2ccc(C)cc2)n1. The second-order valence-electron chi connectivity index (χ2n) is 7.38. The van der Waals surface area contributed by atoms with Crippen LogP contribution in [0.2, 0.25) is 0 Å². The summed E-state index contributed by atoms with van der Waals surface area (Å²) in [5, 5.41) is 9.62. The maximum Gasteiger partial charge on any atom is 0.309 e. The Bertz CT molecular complexity index is 769. The lowest BCUT2D eigenvalue weighted by Crippen LogP contribution is -2.43. The van der Waals surface area contributed by atoms with Crippen molar-refractivity contribution in [2.75, 3.05) is 0 Å². The maximum atomic E-state index is 4.81. The van der Waals surface area contributed by atoms with Crippen LogP contribution in [0.15, 0.2) is 48.5 Å². The third-order valence-corrected chi connectivity index (χ3v) is 4.88. The highest BCUT2D eigenvalue weighted by atomic mass is 15.7. The van der Waals surface area contributed by atoms with Gasteiger partial charge in [0.2, 0.25) is 0 Å². The van der Waals surface area contributed by atoms with E-state index < -0.39 is 0 Å². The first-order valence-corrected chi connectivity index (χ1v) is 10.2. The zero-order chi connectivity index (χ0) is 19.1. The Labute approximate surface area is 162 Å². The minimum absolute atomic E-state index is 0.909. The fourth-order valence-electron chi connectivity index (χ4n) is 3.18. The van der Waals surface area contributed by atoms with Gasteiger partial charge in [-0.05, 0) is 54.4 Å². The summed E-state index contributed by atoms with van der Waals surface area (Å²) in [6.45, 7) is 6.46. The number of aromatic nitrogens is 4. The predicted octanol–water partition coefficient (Wildman–Crippen LogP) is 5.06. The highest BCUT2D eigenvalue weighted by molar-refractivity contribution is 5.32. The van der Waals surface area contributed by atoms with Gasteiger partial charge in [0.05, 0.1) is 5.10 Å². The Kier molecular flexibility index (Phi) is 6.74. The lowest BCUT2D eigenvalue weighted by molar-refractivity contribution is -0.735. The number of aryl methyl sites for hydroxylation is 3. The molecule has 0 atom stereocenters. The number of hydrogen-bond acceptors (Lipinski definition) is 2. The third-order valence-electron chi connectivity index (χ3n) is 4.88. The predicted molar refractivity (Wildman–Crippen MR) is 109 cm³/mol. The second-order valence-corrected chi connectivity index (χ2v) is 7.38. The van der Waals surface area contributed by atoms with Crippen LogP contribution in [0.4, 0.5) is 0 Å². The van der Waals surface area contributed by atoms with Crippen molar-refractivity contribution in [3.63, 3.8) is 0 Å². The standard InChI is InChI=1S/C23H31N4/c1-4-5-6-7-8-9-10-23-24-26(21-15-11-19(2)12-16-21)27(25-23)22-17-13-20(3)14-18-22/h11-18H,4-10H2,1-3H3/q+1. The van der Waals surface area contributed by atoms with Gasteiger partial charge < -0.3 is 0 Å². The first kappa shape index (κ1) is 19.3. The first-order chi connectivity index (χ1) is 13.2. The van der Waals surface area contributed by atoms with Crippen molar-refractivity contribution in [1.29, 1.82) is 0 Å². The van der Waals surface area contributed by atoms with Gasteiger partial charge in [-0.2, -0.15) is 0 Å². The molecule has 0 spiro atoms. The molecule has 0 aliphatic rings. The van der Waals surface area contributed by atoms with E-state index in [9.17, 15) is 0 Å². The van der Waals surface area contributed by atoms with Gasteiger partial charge in [-0.3, -0.25) is 0 Å². The molecule has 0 fully saturated rings. The van der Waals surface area contributed by atoms with Gasteiger partial charge in [0, 0.05) is 11.2 Å². The summed E-state index contributed by atoms with van der Waals surface area (Å²) in [6, 6.07) is 16.9. The number of benzene rings is 2. The minimum atomic E-state index is 0.909. The molecule has 3 rings (SSSR count). The Hall–Kier alpha value is -2.49. The summed E-state index contributed by atoms with van der Waals surface area (Å²) in [5.41, 5.74) is 4.55. The zero-order valence-electron chi connectivity index (χ0n) is 16.9. The fraction of sp³-hybridized carbons (Fsp3) is 0.435. The van der Waals surface area contributed by atoms with Crippen LogP contribution in [-0.4, -0.2) is 15.0 Å². The Morgan fingerprint density at radius 3 is 2.04 bits per heavy atom. The van der Waals surface area contributed by atoms with Crippen molar-refractivity contribution in [1.82, 2.24) is 15.0 Å². The van der Waals surface area contributed by atoms with Crippen molar-refractivity contribution in [2.45, 2.75) is 65.7 Å². The van der Waals surface area contributed by atoms with Gasteiger partial charge in [-0.1, -0.05) is 74.4 Å². The van der Waals surface area contributed by atoms with Crippen molar-refractivity contribution < 1.29 is 4.80 Å². The van der Waals surface area contributed by atoms with Crippen LogP contribution >= 0.6 is 0 Å². The quantitative estimate of drug-likeness (QED) is 0.393. The summed E-state index contributed by atoms with van der Waals surface area (Å²) in [4.78, 5) is 3.83. The molecule has 3 aromatic rings. The van der Waals surface area contributed by atoms with E-state index in [1.165, 1.54) is 43.2 Å². The minimum Gasteiger partial charge on any atom is -0.0654 e. The summed E-state index contributed by atoms with van der Waals surface area (Å²) >= 11 is 0. The molecule has 0 saturated heterocycles. The lowest BCUT2D eigenvalue weighted by atomic mass is 10.1. The number of unbranched alkanes of at least 4 members (excludes halogenated alkanes) is 5. The van der Waals surface area contributed by atoms with E-state index in [-0.39, 0.29) is 0 Å².